The van der Waals surface area contributed by atoms with Crippen LogP contribution in [-0.2, 0) is 17.8 Å². The maximum absolute atomic E-state index is 12.5. The molecule has 1 aliphatic rings. The van der Waals surface area contributed by atoms with Crippen molar-refractivity contribution in [2.75, 3.05) is 0 Å². The van der Waals surface area contributed by atoms with Gasteiger partial charge in [0.25, 0.3) is 0 Å². The number of carbonyl (C=O) groups excluding carboxylic acids is 1. The number of thiazole rings is 1. The summed E-state index contributed by atoms with van der Waals surface area (Å²) in [6.45, 7) is 2.82. The largest absolute Gasteiger partial charge is 0.346 e. The van der Waals surface area contributed by atoms with Gasteiger partial charge in [-0.2, -0.15) is 0 Å². The molecule has 3 rings (SSSR count). The summed E-state index contributed by atoms with van der Waals surface area (Å²) >= 11 is 1.59. The Morgan fingerprint density at radius 3 is 3.00 bits per heavy atom. The summed E-state index contributed by atoms with van der Waals surface area (Å²) in [5.41, 5.74) is 2.55. The number of hydrogen-bond acceptors (Lipinski definition) is 4. The molecule has 1 amide bonds. The zero-order valence-electron chi connectivity index (χ0n) is 12.0. The Hall–Kier alpha value is -1.72. The lowest BCUT2D eigenvalue weighted by atomic mass is 9.95. The number of amides is 1. The second kappa shape index (κ2) is 6.37. The van der Waals surface area contributed by atoms with Gasteiger partial charge in [0.05, 0.1) is 12.1 Å². The van der Waals surface area contributed by atoms with Gasteiger partial charge >= 0.3 is 0 Å². The predicted octanol–water partition coefficient (Wildman–Crippen LogP) is 2.42. The van der Waals surface area contributed by atoms with E-state index in [1.807, 2.05) is 17.5 Å². The van der Waals surface area contributed by atoms with Gasteiger partial charge in [-0.15, -0.1) is 11.3 Å². The van der Waals surface area contributed by atoms with Crippen LogP contribution in [0.25, 0.3) is 0 Å². The van der Waals surface area contributed by atoms with E-state index in [1.165, 1.54) is 11.1 Å². The van der Waals surface area contributed by atoms with Gasteiger partial charge in [0, 0.05) is 18.1 Å². The SMILES string of the molecule is CCC(NC(=O)C1Cc2ccccc2CN1)c1nccs1. The Morgan fingerprint density at radius 2 is 2.29 bits per heavy atom. The van der Waals surface area contributed by atoms with Crippen LogP contribution >= 0.6 is 11.3 Å². The van der Waals surface area contributed by atoms with Crippen molar-refractivity contribution in [1.82, 2.24) is 15.6 Å². The Kier molecular flexibility index (Phi) is 4.31. The predicted molar refractivity (Wildman–Crippen MR) is 84.1 cm³/mol. The molecule has 4 nitrogen and oxygen atoms in total. The summed E-state index contributed by atoms with van der Waals surface area (Å²) < 4.78 is 0. The van der Waals surface area contributed by atoms with Crippen molar-refractivity contribution in [2.24, 2.45) is 0 Å². The molecule has 0 saturated carbocycles. The van der Waals surface area contributed by atoms with Crippen LogP contribution in [-0.4, -0.2) is 16.9 Å². The van der Waals surface area contributed by atoms with Crippen molar-refractivity contribution in [3.8, 4) is 0 Å². The van der Waals surface area contributed by atoms with E-state index in [0.29, 0.717) is 0 Å². The molecule has 2 atom stereocenters. The maximum atomic E-state index is 12.5. The van der Waals surface area contributed by atoms with E-state index in [2.05, 4.69) is 34.7 Å². The fraction of sp³-hybridized carbons (Fsp3) is 0.375. The zero-order chi connectivity index (χ0) is 14.7. The van der Waals surface area contributed by atoms with Crippen molar-refractivity contribution in [3.05, 3.63) is 52.0 Å². The lowest BCUT2D eigenvalue weighted by Crippen LogP contribution is -2.48. The minimum atomic E-state index is -0.158. The molecule has 110 valence electrons. The van der Waals surface area contributed by atoms with E-state index in [-0.39, 0.29) is 18.0 Å². The quantitative estimate of drug-likeness (QED) is 0.912. The maximum Gasteiger partial charge on any atom is 0.238 e. The number of aromatic nitrogens is 1. The van der Waals surface area contributed by atoms with Gasteiger partial charge in [-0.1, -0.05) is 31.2 Å². The van der Waals surface area contributed by atoms with Crippen molar-refractivity contribution in [3.63, 3.8) is 0 Å². The number of hydrogen-bond donors (Lipinski definition) is 2. The molecular formula is C16H19N3OS. The first-order valence-electron chi connectivity index (χ1n) is 7.28. The standard InChI is InChI=1S/C16H19N3OS/c1-2-13(16-17-7-8-21-16)19-15(20)14-9-11-5-3-4-6-12(11)10-18-14/h3-8,13-14,18H,2,9-10H2,1H3,(H,19,20). The summed E-state index contributed by atoms with van der Waals surface area (Å²) in [5, 5.41) is 9.35. The molecule has 1 aromatic heterocycles. The second-order valence-electron chi connectivity index (χ2n) is 5.25. The molecule has 0 fully saturated rings. The van der Waals surface area contributed by atoms with Crippen LogP contribution in [0.2, 0.25) is 0 Å². The smallest absolute Gasteiger partial charge is 0.238 e. The number of nitrogens with zero attached hydrogens (tertiary/aromatic N) is 1. The first kappa shape index (κ1) is 14.2. The first-order chi connectivity index (χ1) is 10.3. The van der Waals surface area contributed by atoms with Gasteiger partial charge in [-0.3, -0.25) is 4.79 Å². The fourth-order valence-corrected chi connectivity index (χ4v) is 3.43. The molecule has 21 heavy (non-hydrogen) atoms. The minimum absolute atomic E-state index is 0.0106. The highest BCUT2D eigenvalue weighted by atomic mass is 32.1. The Morgan fingerprint density at radius 1 is 1.48 bits per heavy atom. The summed E-state index contributed by atoms with van der Waals surface area (Å²) in [7, 11) is 0. The summed E-state index contributed by atoms with van der Waals surface area (Å²) in [5.74, 6) is 0.0616. The highest BCUT2D eigenvalue weighted by molar-refractivity contribution is 7.09. The highest BCUT2D eigenvalue weighted by Gasteiger charge is 2.26. The van der Waals surface area contributed by atoms with Gasteiger partial charge in [0.15, 0.2) is 0 Å². The van der Waals surface area contributed by atoms with E-state index in [0.717, 1.165) is 24.4 Å². The monoisotopic (exact) mass is 301 g/mol. The fourth-order valence-electron chi connectivity index (χ4n) is 2.66. The van der Waals surface area contributed by atoms with E-state index < -0.39 is 0 Å². The third-order valence-corrected chi connectivity index (χ3v) is 4.76. The zero-order valence-corrected chi connectivity index (χ0v) is 12.8. The molecule has 1 aliphatic heterocycles. The normalized spacial score (nSPS) is 18.8. The molecule has 2 N–H and O–H groups in total. The second-order valence-corrected chi connectivity index (χ2v) is 6.17. The Balaban J connectivity index is 1.66. The average Bonchev–Trinajstić information content (AvgIpc) is 3.06. The highest BCUT2D eigenvalue weighted by Crippen LogP contribution is 2.20. The molecule has 5 heteroatoms. The molecule has 1 aromatic carbocycles. The Labute approximate surface area is 128 Å². The molecule has 2 heterocycles. The van der Waals surface area contributed by atoms with E-state index >= 15 is 0 Å². The average molecular weight is 301 g/mol. The molecule has 0 bridgehead atoms. The van der Waals surface area contributed by atoms with Crippen LogP contribution in [0.3, 0.4) is 0 Å². The third-order valence-electron chi connectivity index (χ3n) is 3.87. The molecule has 2 aromatic rings. The first-order valence-corrected chi connectivity index (χ1v) is 8.16. The molecule has 0 aliphatic carbocycles. The molecule has 0 spiro atoms. The van der Waals surface area contributed by atoms with Crippen molar-refractivity contribution in [1.29, 1.82) is 0 Å². The van der Waals surface area contributed by atoms with E-state index in [1.54, 1.807) is 17.5 Å². The summed E-state index contributed by atoms with van der Waals surface area (Å²) in [4.78, 5) is 16.8. The van der Waals surface area contributed by atoms with Crippen molar-refractivity contribution in [2.45, 2.75) is 38.4 Å². The lowest BCUT2D eigenvalue weighted by Gasteiger charge is -2.26. The number of fused-ring (bicyclic) bond motifs is 1. The number of rotatable bonds is 4. The van der Waals surface area contributed by atoms with Gasteiger partial charge < -0.3 is 10.6 Å². The number of nitrogens with one attached hydrogen (secondary N) is 2. The summed E-state index contributed by atoms with van der Waals surface area (Å²) in [6, 6.07) is 8.14. The molecule has 0 saturated heterocycles. The minimum Gasteiger partial charge on any atom is -0.346 e. The third kappa shape index (κ3) is 3.14. The van der Waals surface area contributed by atoms with Crippen LogP contribution in [0.1, 0.15) is 35.5 Å². The molecule has 2 unspecified atom stereocenters. The van der Waals surface area contributed by atoms with Gasteiger partial charge in [0.2, 0.25) is 5.91 Å². The van der Waals surface area contributed by atoms with Gasteiger partial charge in [-0.05, 0) is 24.0 Å². The van der Waals surface area contributed by atoms with Crippen LogP contribution < -0.4 is 10.6 Å². The number of carbonyl (C=O) groups is 1. The van der Waals surface area contributed by atoms with Crippen molar-refractivity contribution < 1.29 is 4.79 Å². The number of benzene rings is 1. The Bertz CT molecular complexity index is 612. The van der Waals surface area contributed by atoms with E-state index in [4.69, 9.17) is 0 Å². The summed E-state index contributed by atoms with van der Waals surface area (Å²) in [6.07, 6.45) is 3.38. The van der Waals surface area contributed by atoms with Gasteiger partial charge in [0.1, 0.15) is 5.01 Å². The molecule has 0 radical (unpaired) electrons. The van der Waals surface area contributed by atoms with Gasteiger partial charge in [-0.25, -0.2) is 4.98 Å². The lowest BCUT2D eigenvalue weighted by molar-refractivity contribution is -0.124. The van der Waals surface area contributed by atoms with Crippen LogP contribution in [0.4, 0.5) is 0 Å². The topological polar surface area (TPSA) is 54.0 Å². The van der Waals surface area contributed by atoms with Crippen LogP contribution in [0.15, 0.2) is 35.8 Å². The molecular weight excluding hydrogens is 282 g/mol. The van der Waals surface area contributed by atoms with Crippen molar-refractivity contribution >= 4 is 17.2 Å². The van der Waals surface area contributed by atoms with Crippen LogP contribution in [0.5, 0.6) is 0 Å². The van der Waals surface area contributed by atoms with Crippen LogP contribution in [0, 0.1) is 0 Å². The van der Waals surface area contributed by atoms with E-state index in [9.17, 15) is 4.79 Å².